The van der Waals surface area contributed by atoms with Crippen LogP contribution in [0.4, 0.5) is 0 Å². The molecule has 4 heteroatoms. The van der Waals surface area contributed by atoms with Gasteiger partial charge < -0.3 is 5.11 Å². The number of aryl methyl sites for hydroxylation is 1. The molecule has 0 radical (unpaired) electrons. The van der Waals surface area contributed by atoms with E-state index >= 15 is 0 Å². The molecule has 0 spiro atoms. The molecule has 0 unspecified atom stereocenters. The number of hydrogen-bond acceptors (Lipinski definition) is 3. The van der Waals surface area contributed by atoms with Gasteiger partial charge in [-0.25, -0.2) is 0 Å². The van der Waals surface area contributed by atoms with Crippen LogP contribution in [0.2, 0.25) is 0 Å². The van der Waals surface area contributed by atoms with E-state index in [-0.39, 0.29) is 22.2 Å². The Kier molecular flexibility index (Phi) is 6.96. The van der Waals surface area contributed by atoms with E-state index in [4.69, 9.17) is 5.11 Å². The molecule has 0 heterocycles. The molecular weight excluding hydrogens is 284 g/mol. The fourth-order valence-corrected chi connectivity index (χ4v) is 3.05. The minimum Gasteiger partial charge on any atom is -0.481 e. The van der Waals surface area contributed by atoms with Crippen LogP contribution in [-0.4, -0.2) is 20.9 Å². The van der Waals surface area contributed by atoms with Gasteiger partial charge in [0.25, 0.3) is 0 Å². The van der Waals surface area contributed by atoms with E-state index in [2.05, 4.69) is 0 Å². The summed E-state index contributed by atoms with van der Waals surface area (Å²) in [6.07, 6.45) is 1.99. The molecule has 0 aromatic heterocycles. The maximum absolute atomic E-state index is 12.4. The molecule has 116 valence electrons. The zero-order valence-electron chi connectivity index (χ0n) is 13.0. The fourth-order valence-electron chi connectivity index (χ4n) is 2.05. The fraction of sp³-hybridized carbons (Fsp3) is 0.529. The Morgan fingerprint density at radius 2 is 1.76 bits per heavy atom. The number of carboxylic acids is 1. The largest absolute Gasteiger partial charge is 0.481 e. The summed E-state index contributed by atoms with van der Waals surface area (Å²) >= 11 is 1.32. The zero-order chi connectivity index (χ0) is 15.9. The van der Waals surface area contributed by atoms with Crippen LogP contribution in [0.3, 0.4) is 0 Å². The lowest BCUT2D eigenvalue weighted by Gasteiger charge is -2.21. The van der Waals surface area contributed by atoms with Gasteiger partial charge >= 0.3 is 5.97 Å². The lowest BCUT2D eigenvalue weighted by molar-refractivity contribution is -0.137. The van der Waals surface area contributed by atoms with Gasteiger partial charge in [0.15, 0.2) is 5.12 Å². The van der Waals surface area contributed by atoms with Gasteiger partial charge in [-0.15, -0.1) is 0 Å². The van der Waals surface area contributed by atoms with Crippen molar-refractivity contribution in [3.63, 3.8) is 0 Å². The maximum Gasteiger partial charge on any atom is 0.303 e. The molecule has 0 saturated heterocycles. The quantitative estimate of drug-likeness (QED) is 0.822. The second-order valence-electron chi connectivity index (χ2n) is 6.19. The molecule has 1 rings (SSSR count). The monoisotopic (exact) mass is 308 g/mol. The average molecular weight is 308 g/mol. The van der Waals surface area contributed by atoms with Crippen LogP contribution in [0.1, 0.15) is 45.6 Å². The summed E-state index contributed by atoms with van der Waals surface area (Å²) in [5.41, 5.74) is 1.19. The lowest BCUT2D eigenvalue weighted by Crippen LogP contribution is -2.20. The minimum absolute atomic E-state index is 0.0515. The van der Waals surface area contributed by atoms with E-state index in [1.54, 1.807) is 0 Å². The number of rotatable bonds is 7. The summed E-state index contributed by atoms with van der Waals surface area (Å²) in [6.45, 7) is 6.00. The van der Waals surface area contributed by atoms with E-state index in [1.807, 2.05) is 51.1 Å². The molecule has 0 fully saturated rings. The smallest absolute Gasteiger partial charge is 0.303 e. The number of carbonyl (C=O) groups excluding carboxylic acids is 1. The van der Waals surface area contributed by atoms with Crippen molar-refractivity contribution in [1.82, 2.24) is 0 Å². The van der Waals surface area contributed by atoms with E-state index in [0.29, 0.717) is 12.8 Å². The van der Waals surface area contributed by atoms with Crippen LogP contribution in [-0.2, 0) is 16.0 Å². The third-order valence-electron chi connectivity index (χ3n) is 3.07. The van der Waals surface area contributed by atoms with Crippen LogP contribution >= 0.6 is 11.8 Å². The highest BCUT2D eigenvalue weighted by molar-refractivity contribution is 8.14. The molecule has 0 bridgehead atoms. The van der Waals surface area contributed by atoms with Crippen molar-refractivity contribution in [3.05, 3.63) is 35.9 Å². The van der Waals surface area contributed by atoms with Gasteiger partial charge in [0.05, 0.1) is 0 Å². The van der Waals surface area contributed by atoms with Crippen molar-refractivity contribution in [3.8, 4) is 0 Å². The molecule has 21 heavy (non-hydrogen) atoms. The molecule has 0 aliphatic rings. The van der Waals surface area contributed by atoms with Crippen LogP contribution in [0.25, 0.3) is 0 Å². The second kappa shape index (κ2) is 8.23. The highest BCUT2D eigenvalue weighted by atomic mass is 32.2. The SMILES string of the molecule is CC(C)(C)SC(=O)[C@@H](CCC(=O)O)CCc1ccccc1. The van der Waals surface area contributed by atoms with Crippen molar-refractivity contribution in [2.24, 2.45) is 5.92 Å². The number of hydrogen-bond donors (Lipinski definition) is 1. The highest BCUT2D eigenvalue weighted by Crippen LogP contribution is 2.30. The van der Waals surface area contributed by atoms with Crippen molar-refractivity contribution < 1.29 is 14.7 Å². The molecule has 1 atom stereocenters. The number of thioether (sulfide) groups is 1. The van der Waals surface area contributed by atoms with Crippen LogP contribution < -0.4 is 0 Å². The first-order valence-corrected chi connectivity index (χ1v) is 8.08. The second-order valence-corrected chi connectivity index (χ2v) is 8.02. The number of benzene rings is 1. The molecule has 0 aliphatic carbocycles. The average Bonchev–Trinajstić information content (AvgIpc) is 2.37. The van der Waals surface area contributed by atoms with Gasteiger partial charge in [-0.3, -0.25) is 9.59 Å². The van der Waals surface area contributed by atoms with Crippen molar-refractivity contribution in [2.75, 3.05) is 0 Å². The summed E-state index contributed by atoms with van der Waals surface area (Å²) in [7, 11) is 0. The Bertz CT molecular complexity index is 463. The number of carboxylic acid groups (broad SMARTS) is 1. The van der Waals surface area contributed by atoms with Gasteiger partial charge in [-0.2, -0.15) is 0 Å². The van der Waals surface area contributed by atoms with E-state index in [0.717, 1.165) is 6.42 Å². The molecular formula is C17H24O3S. The Hall–Kier alpha value is -1.29. The molecule has 1 aromatic carbocycles. The predicted molar refractivity (Wildman–Crippen MR) is 87.5 cm³/mol. The van der Waals surface area contributed by atoms with Gasteiger partial charge in [0.2, 0.25) is 0 Å². The van der Waals surface area contributed by atoms with E-state index in [1.165, 1.54) is 17.3 Å². The minimum atomic E-state index is -0.840. The van der Waals surface area contributed by atoms with Gasteiger partial charge in [0.1, 0.15) is 0 Å². The van der Waals surface area contributed by atoms with Gasteiger partial charge in [-0.1, -0.05) is 62.9 Å². The molecule has 0 amide bonds. The van der Waals surface area contributed by atoms with Crippen molar-refractivity contribution >= 4 is 22.8 Å². The Balaban J connectivity index is 2.63. The summed E-state index contributed by atoms with van der Waals surface area (Å²) < 4.78 is -0.134. The third-order valence-corrected chi connectivity index (χ3v) is 4.22. The predicted octanol–water partition coefficient (Wildman–Crippen LogP) is 4.16. The zero-order valence-corrected chi connectivity index (χ0v) is 13.8. The Morgan fingerprint density at radius 1 is 1.14 bits per heavy atom. The third kappa shape index (κ3) is 7.90. The Morgan fingerprint density at radius 3 is 2.29 bits per heavy atom. The summed E-state index contributed by atoms with van der Waals surface area (Å²) in [6, 6.07) is 10.00. The van der Waals surface area contributed by atoms with Crippen LogP contribution in [0.5, 0.6) is 0 Å². The summed E-state index contributed by atoms with van der Waals surface area (Å²) in [4.78, 5) is 23.1. The highest BCUT2D eigenvalue weighted by Gasteiger charge is 2.25. The molecule has 1 aromatic rings. The van der Waals surface area contributed by atoms with Crippen molar-refractivity contribution in [1.29, 1.82) is 0 Å². The Labute approximate surface area is 131 Å². The first-order valence-electron chi connectivity index (χ1n) is 7.26. The number of aliphatic carboxylic acids is 1. The molecule has 0 aliphatic heterocycles. The van der Waals surface area contributed by atoms with Crippen LogP contribution in [0, 0.1) is 5.92 Å². The van der Waals surface area contributed by atoms with E-state index in [9.17, 15) is 9.59 Å². The summed E-state index contributed by atoms with van der Waals surface area (Å²) in [5.74, 6) is -1.03. The molecule has 3 nitrogen and oxygen atoms in total. The van der Waals surface area contributed by atoms with Gasteiger partial charge in [-0.05, 0) is 24.8 Å². The first kappa shape index (κ1) is 17.8. The van der Waals surface area contributed by atoms with Crippen molar-refractivity contribution in [2.45, 2.75) is 51.2 Å². The van der Waals surface area contributed by atoms with E-state index < -0.39 is 5.97 Å². The van der Waals surface area contributed by atoms with Crippen LogP contribution in [0.15, 0.2) is 30.3 Å². The molecule has 1 N–H and O–H groups in total. The lowest BCUT2D eigenvalue weighted by atomic mass is 9.96. The normalized spacial score (nSPS) is 12.9. The standard InChI is InChI=1S/C17H24O3S/c1-17(2,3)21-16(20)14(11-12-15(18)19)10-9-13-7-5-4-6-8-13/h4-8,14H,9-12H2,1-3H3,(H,18,19)/t14-/m1/s1. The topological polar surface area (TPSA) is 54.4 Å². The maximum atomic E-state index is 12.4. The van der Waals surface area contributed by atoms with Gasteiger partial charge in [0, 0.05) is 17.1 Å². The molecule has 0 saturated carbocycles. The first-order chi connectivity index (χ1) is 9.78. The summed E-state index contributed by atoms with van der Waals surface area (Å²) in [5, 5.41) is 8.95. The number of carbonyl (C=O) groups is 2.